The van der Waals surface area contributed by atoms with Crippen molar-refractivity contribution in [3.05, 3.63) is 64.1 Å². The highest BCUT2D eigenvalue weighted by atomic mass is 35.5. The van der Waals surface area contributed by atoms with Gasteiger partial charge in [0, 0.05) is 16.8 Å². The van der Waals surface area contributed by atoms with E-state index in [0.29, 0.717) is 39.2 Å². The average Bonchev–Trinajstić information content (AvgIpc) is 3.42. The molecule has 1 aliphatic rings. The summed E-state index contributed by atoms with van der Waals surface area (Å²) in [6.45, 7) is 2.24. The highest BCUT2D eigenvalue weighted by Crippen LogP contribution is 2.38. The standard InChI is InChI=1S/C23H21ClN2O6S/c1-3-30-23(28)21-22(33-12-14-4-6-16(29-2)7-5-14)26(20(11-27)25-21)10-15-8-18-19(9-17(15)24)32-13-31-18/h4-9,11H,3,10,12-13H2,1-2H3. The lowest BCUT2D eigenvalue weighted by molar-refractivity contribution is 0.0515. The number of imidazole rings is 1. The van der Waals surface area contributed by atoms with Crippen molar-refractivity contribution in [1.29, 1.82) is 0 Å². The molecule has 33 heavy (non-hydrogen) atoms. The number of hydrogen-bond donors (Lipinski definition) is 0. The minimum Gasteiger partial charge on any atom is -0.497 e. The molecule has 0 aliphatic carbocycles. The summed E-state index contributed by atoms with van der Waals surface area (Å²) in [6, 6.07) is 11.0. The fourth-order valence-electron chi connectivity index (χ4n) is 3.30. The molecule has 3 aromatic rings. The number of halogens is 1. The molecule has 4 rings (SSSR count). The van der Waals surface area contributed by atoms with Crippen molar-refractivity contribution in [3.63, 3.8) is 0 Å². The Hall–Kier alpha value is -3.17. The van der Waals surface area contributed by atoms with Gasteiger partial charge in [0.15, 0.2) is 29.3 Å². The molecule has 0 atom stereocenters. The first-order valence-corrected chi connectivity index (χ1v) is 11.5. The lowest BCUT2D eigenvalue weighted by Gasteiger charge is -2.13. The third kappa shape index (κ3) is 4.94. The summed E-state index contributed by atoms with van der Waals surface area (Å²) >= 11 is 7.84. The van der Waals surface area contributed by atoms with Gasteiger partial charge in [0.25, 0.3) is 0 Å². The van der Waals surface area contributed by atoms with Crippen LogP contribution in [0.5, 0.6) is 17.2 Å². The zero-order valence-corrected chi connectivity index (χ0v) is 19.6. The Balaban J connectivity index is 1.70. The molecule has 1 aromatic heterocycles. The third-order valence-electron chi connectivity index (χ3n) is 4.93. The molecular formula is C23H21ClN2O6S. The number of rotatable bonds is 9. The molecular weight excluding hydrogens is 468 g/mol. The van der Waals surface area contributed by atoms with Gasteiger partial charge in [-0.3, -0.25) is 4.79 Å². The van der Waals surface area contributed by atoms with Gasteiger partial charge in [0.1, 0.15) is 10.8 Å². The van der Waals surface area contributed by atoms with Crippen LogP contribution in [0.15, 0.2) is 41.4 Å². The number of carbonyl (C=O) groups excluding carboxylic acids is 2. The number of methoxy groups -OCH3 is 1. The van der Waals surface area contributed by atoms with Crippen molar-refractivity contribution in [2.75, 3.05) is 20.5 Å². The fraction of sp³-hybridized carbons (Fsp3) is 0.261. The molecule has 0 radical (unpaired) electrons. The normalized spacial score (nSPS) is 12.0. The van der Waals surface area contributed by atoms with Gasteiger partial charge in [-0.05, 0) is 36.2 Å². The van der Waals surface area contributed by atoms with Crippen LogP contribution in [0.4, 0.5) is 0 Å². The van der Waals surface area contributed by atoms with E-state index in [4.69, 9.17) is 30.5 Å². The Morgan fingerprint density at radius 1 is 1.24 bits per heavy atom. The molecule has 0 amide bonds. The molecule has 172 valence electrons. The maximum atomic E-state index is 12.6. The number of benzene rings is 2. The molecule has 8 nitrogen and oxygen atoms in total. The van der Waals surface area contributed by atoms with Crippen molar-refractivity contribution in [2.45, 2.75) is 24.2 Å². The summed E-state index contributed by atoms with van der Waals surface area (Å²) in [7, 11) is 1.61. The molecule has 1 aliphatic heterocycles. The summed E-state index contributed by atoms with van der Waals surface area (Å²) < 4.78 is 22.9. The lowest BCUT2D eigenvalue weighted by Crippen LogP contribution is -2.09. The van der Waals surface area contributed by atoms with Crippen molar-refractivity contribution in [3.8, 4) is 17.2 Å². The third-order valence-corrected chi connectivity index (χ3v) is 6.45. The minimum atomic E-state index is -0.589. The van der Waals surface area contributed by atoms with Crippen molar-refractivity contribution < 1.29 is 28.5 Å². The molecule has 0 unspecified atom stereocenters. The SMILES string of the molecule is CCOC(=O)c1nc(C=O)n(Cc2cc3c(cc2Cl)OCO3)c1SCc1ccc(OC)cc1. The topological polar surface area (TPSA) is 88.9 Å². The molecule has 2 heterocycles. The Labute approximate surface area is 199 Å². The van der Waals surface area contributed by atoms with Gasteiger partial charge in [0.2, 0.25) is 6.79 Å². The second-order valence-electron chi connectivity index (χ2n) is 6.98. The van der Waals surface area contributed by atoms with Gasteiger partial charge in [-0.2, -0.15) is 0 Å². The number of hydrogen-bond acceptors (Lipinski definition) is 8. The summed E-state index contributed by atoms with van der Waals surface area (Å²) in [5, 5.41) is 0.966. The van der Waals surface area contributed by atoms with Crippen LogP contribution in [0, 0.1) is 0 Å². The van der Waals surface area contributed by atoms with Gasteiger partial charge in [-0.15, -0.1) is 11.8 Å². The van der Waals surface area contributed by atoms with Crippen LogP contribution in [0.3, 0.4) is 0 Å². The molecule has 0 saturated carbocycles. The van der Waals surface area contributed by atoms with Crippen molar-refractivity contribution in [2.24, 2.45) is 0 Å². The van der Waals surface area contributed by atoms with E-state index in [2.05, 4.69) is 4.98 Å². The number of fused-ring (bicyclic) bond motifs is 1. The van der Waals surface area contributed by atoms with E-state index < -0.39 is 5.97 Å². The largest absolute Gasteiger partial charge is 0.497 e. The molecule has 0 bridgehead atoms. The summed E-state index contributed by atoms with van der Waals surface area (Å²) in [4.78, 5) is 28.7. The van der Waals surface area contributed by atoms with Crippen LogP contribution in [0.25, 0.3) is 0 Å². The molecule has 0 fully saturated rings. The molecule has 2 aromatic carbocycles. The quantitative estimate of drug-likeness (QED) is 0.245. The van der Waals surface area contributed by atoms with Crippen LogP contribution in [-0.2, 0) is 17.0 Å². The zero-order valence-electron chi connectivity index (χ0n) is 18.0. The summed E-state index contributed by atoms with van der Waals surface area (Å²) in [6.07, 6.45) is 0.612. The Morgan fingerprint density at radius 3 is 2.64 bits per heavy atom. The van der Waals surface area contributed by atoms with Gasteiger partial charge >= 0.3 is 5.97 Å². The Bertz CT molecular complexity index is 1180. The first-order chi connectivity index (χ1) is 16.0. The molecule has 0 saturated heterocycles. The van der Waals surface area contributed by atoms with Crippen LogP contribution < -0.4 is 14.2 Å². The number of aromatic nitrogens is 2. The van der Waals surface area contributed by atoms with E-state index in [9.17, 15) is 9.59 Å². The number of aldehydes is 1. The lowest BCUT2D eigenvalue weighted by atomic mass is 10.2. The maximum absolute atomic E-state index is 12.6. The van der Waals surface area contributed by atoms with Crippen LogP contribution in [-0.4, -0.2) is 42.3 Å². The molecule has 10 heteroatoms. The van der Waals surface area contributed by atoms with Gasteiger partial charge in [-0.25, -0.2) is 9.78 Å². The van der Waals surface area contributed by atoms with E-state index in [0.717, 1.165) is 11.3 Å². The van der Waals surface area contributed by atoms with E-state index >= 15 is 0 Å². The van der Waals surface area contributed by atoms with Gasteiger partial charge in [0.05, 0.1) is 20.3 Å². The minimum absolute atomic E-state index is 0.0920. The monoisotopic (exact) mass is 488 g/mol. The van der Waals surface area contributed by atoms with E-state index in [1.165, 1.54) is 11.8 Å². The van der Waals surface area contributed by atoms with Gasteiger partial charge < -0.3 is 23.5 Å². The predicted octanol–water partition coefficient (Wildman–Crippen LogP) is 4.60. The van der Waals surface area contributed by atoms with Crippen molar-refractivity contribution >= 4 is 35.6 Å². The molecule has 0 spiro atoms. The predicted molar refractivity (Wildman–Crippen MR) is 123 cm³/mol. The number of carbonyl (C=O) groups is 2. The van der Waals surface area contributed by atoms with E-state index in [1.54, 1.807) is 30.7 Å². The van der Waals surface area contributed by atoms with Crippen LogP contribution >= 0.6 is 23.4 Å². The van der Waals surface area contributed by atoms with E-state index in [-0.39, 0.29) is 31.5 Å². The molecule has 0 N–H and O–H groups in total. The zero-order chi connectivity index (χ0) is 23.4. The maximum Gasteiger partial charge on any atom is 0.359 e. The van der Waals surface area contributed by atoms with Gasteiger partial charge in [-0.1, -0.05) is 23.7 Å². The summed E-state index contributed by atoms with van der Waals surface area (Å²) in [5.74, 6) is 1.93. The highest BCUT2D eigenvalue weighted by molar-refractivity contribution is 7.98. The highest BCUT2D eigenvalue weighted by Gasteiger charge is 2.25. The van der Waals surface area contributed by atoms with E-state index in [1.807, 2.05) is 24.3 Å². The number of nitrogens with zero attached hydrogens (tertiary/aromatic N) is 2. The Morgan fingerprint density at radius 2 is 1.97 bits per heavy atom. The Kier molecular flexibility index (Phi) is 7.10. The first kappa shape index (κ1) is 23.0. The first-order valence-electron chi connectivity index (χ1n) is 10.1. The second-order valence-corrected chi connectivity index (χ2v) is 8.35. The smallest absolute Gasteiger partial charge is 0.359 e. The van der Waals surface area contributed by atoms with Crippen LogP contribution in [0.2, 0.25) is 5.02 Å². The average molecular weight is 489 g/mol. The fourth-order valence-corrected chi connectivity index (χ4v) is 4.59. The second kappa shape index (κ2) is 10.2. The summed E-state index contributed by atoms with van der Waals surface area (Å²) in [5.41, 5.74) is 1.80. The number of thioether (sulfide) groups is 1. The number of ether oxygens (including phenoxy) is 4. The van der Waals surface area contributed by atoms with Crippen LogP contribution in [0.1, 0.15) is 39.2 Å². The van der Waals surface area contributed by atoms with Crippen molar-refractivity contribution in [1.82, 2.24) is 9.55 Å². The number of esters is 1.